The van der Waals surface area contributed by atoms with Crippen molar-refractivity contribution in [3.8, 4) is 27.4 Å². The molecule has 4 nitrogen and oxygen atoms in total. The first-order chi connectivity index (χ1) is 11.0. The Bertz CT molecular complexity index is 913. The summed E-state index contributed by atoms with van der Waals surface area (Å²) < 4.78 is 6.63. The molecule has 0 unspecified atom stereocenters. The van der Waals surface area contributed by atoms with Gasteiger partial charge < -0.3 is 9.30 Å². The second-order valence-electron chi connectivity index (χ2n) is 5.15. The number of pyridine rings is 1. The molecule has 0 N–H and O–H groups in total. The van der Waals surface area contributed by atoms with Gasteiger partial charge in [0.1, 0.15) is 15.9 Å². The molecular formula is C17H15ClN2O2S. The lowest BCUT2D eigenvalue weighted by atomic mass is 10.1. The Morgan fingerprint density at radius 3 is 2.48 bits per heavy atom. The Kier molecular flexibility index (Phi) is 4.24. The highest BCUT2D eigenvalue weighted by molar-refractivity contribution is 7.13. The minimum Gasteiger partial charge on any atom is -0.497 e. The predicted octanol–water partition coefficient (Wildman–Crippen LogP) is 4.15. The largest absolute Gasteiger partial charge is 0.497 e. The minimum absolute atomic E-state index is 0.151. The van der Waals surface area contributed by atoms with Gasteiger partial charge in [-0.1, -0.05) is 23.7 Å². The fraction of sp³-hybridized carbons (Fsp3) is 0.176. The van der Waals surface area contributed by atoms with E-state index in [0.29, 0.717) is 15.7 Å². The van der Waals surface area contributed by atoms with E-state index in [1.807, 2.05) is 42.6 Å². The lowest BCUT2D eigenvalue weighted by molar-refractivity contribution is 0.415. The molecule has 3 rings (SSSR count). The predicted molar refractivity (Wildman–Crippen MR) is 94.5 cm³/mol. The van der Waals surface area contributed by atoms with Gasteiger partial charge in [0, 0.05) is 23.7 Å². The van der Waals surface area contributed by atoms with Crippen LogP contribution < -0.4 is 10.3 Å². The molecule has 1 aromatic carbocycles. The standard InChI is InChI=1S/C17H15ClN2O2S/c1-10-9-23-16(19-10)14-8-13(15(18)20(2)17(14)21)11-4-6-12(22-3)7-5-11/h4-9H,1-3H3. The first-order valence-corrected chi connectivity index (χ1v) is 8.23. The number of benzene rings is 1. The van der Waals surface area contributed by atoms with Crippen molar-refractivity contribution in [2.24, 2.45) is 7.05 Å². The normalized spacial score (nSPS) is 10.8. The van der Waals surface area contributed by atoms with Crippen molar-refractivity contribution in [2.45, 2.75) is 6.92 Å². The quantitative estimate of drug-likeness (QED) is 0.669. The number of aromatic nitrogens is 2. The Labute approximate surface area is 143 Å². The topological polar surface area (TPSA) is 44.1 Å². The highest BCUT2D eigenvalue weighted by Crippen LogP contribution is 2.32. The van der Waals surface area contributed by atoms with E-state index < -0.39 is 0 Å². The van der Waals surface area contributed by atoms with E-state index in [0.717, 1.165) is 22.6 Å². The Morgan fingerprint density at radius 2 is 1.91 bits per heavy atom. The lowest BCUT2D eigenvalue weighted by Gasteiger charge is -2.11. The second-order valence-corrected chi connectivity index (χ2v) is 6.37. The van der Waals surface area contributed by atoms with Gasteiger partial charge in [0.2, 0.25) is 0 Å². The first kappa shape index (κ1) is 15.8. The van der Waals surface area contributed by atoms with Crippen molar-refractivity contribution in [1.29, 1.82) is 0 Å². The number of rotatable bonds is 3. The van der Waals surface area contributed by atoms with Crippen LogP contribution >= 0.6 is 22.9 Å². The lowest BCUT2D eigenvalue weighted by Crippen LogP contribution is -2.19. The summed E-state index contributed by atoms with van der Waals surface area (Å²) in [5.74, 6) is 0.769. The minimum atomic E-state index is -0.151. The summed E-state index contributed by atoms with van der Waals surface area (Å²) in [6.07, 6.45) is 0. The van der Waals surface area contributed by atoms with Gasteiger partial charge in [0.15, 0.2) is 0 Å². The van der Waals surface area contributed by atoms with Crippen LogP contribution in [0, 0.1) is 6.92 Å². The van der Waals surface area contributed by atoms with Crippen LogP contribution in [0.4, 0.5) is 0 Å². The summed E-state index contributed by atoms with van der Waals surface area (Å²) in [5, 5.41) is 3.03. The molecule has 0 bridgehead atoms. The monoisotopic (exact) mass is 346 g/mol. The fourth-order valence-corrected chi connectivity index (χ4v) is 3.37. The maximum atomic E-state index is 12.5. The van der Waals surface area contributed by atoms with E-state index in [1.165, 1.54) is 15.9 Å². The van der Waals surface area contributed by atoms with Crippen molar-refractivity contribution in [2.75, 3.05) is 7.11 Å². The number of nitrogens with zero attached hydrogens (tertiary/aromatic N) is 2. The van der Waals surface area contributed by atoms with Gasteiger partial charge in [-0.05, 0) is 30.7 Å². The molecule has 0 saturated carbocycles. The van der Waals surface area contributed by atoms with E-state index >= 15 is 0 Å². The fourth-order valence-electron chi connectivity index (χ4n) is 2.32. The van der Waals surface area contributed by atoms with E-state index in [-0.39, 0.29) is 5.56 Å². The molecule has 118 valence electrons. The molecule has 2 aromatic heterocycles. The van der Waals surface area contributed by atoms with Crippen LogP contribution in [0.5, 0.6) is 5.75 Å². The maximum absolute atomic E-state index is 12.5. The number of aryl methyl sites for hydroxylation is 1. The number of hydrogen-bond acceptors (Lipinski definition) is 4. The third-order valence-electron chi connectivity index (χ3n) is 3.59. The van der Waals surface area contributed by atoms with Gasteiger partial charge in [-0.2, -0.15) is 0 Å². The zero-order chi connectivity index (χ0) is 16.6. The van der Waals surface area contributed by atoms with Crippen molar-refractivity contribution in [3.05, 3.63) is 56.9 Å². The molecule has 6 heteroatoms. The summed E-state index contributed by atoms with van der Waals surface area (Å²) >= 11 is 7.84. The van der Waals surface area contributed by atoms with E-state index in [4.69, 9.17) is 16.3 Å². The van der Waals surface area contributed by atoms with Gasteiger partial charge >= 0.3 is 0 Å². The number of hydrogen-bond donors (Lipinski definition) is 0. The van der Waals surface area contributed by atoms with Crippen LogP contribution in [0.2, 0.25) is 5.15 Å². The average Bonchev–Trinajstić information content (AvgIpc) is 2.99. The number of methoxy groups -OCH3 is 1. The van der Waals surface area contributed by atoms with E-state index in [2.05, 4.69) is 4.98 Å². The van der Waals surface area contributed by atoms with Crippen molar-refractivity contribution in [1.82, 2.24) is 9.55 Å². The molecule has 0 spiro atoms. The summed E-state index contributed by atoms with van der Waals surface area (Å²) in [6.45, 7) is 1.91. The summed E-state index contributed by atoms with van der Waals surface area (Å²) in [7, 11) is 3.29. The number of ether oxygens (including phenoxy) is 1. The van der Waals surface area contributed by atoms with Gasteiger partial charge in [0.25, 0.3) is 5.56 Å². The zero-order valence-corrected chi connectivity index (χ0v) is 14.5. The molecule has 0 amide bonds. The number of thiazole rings is 1. The van der Waals surface area contributed by atoms with Gasteiger partial charge in [-0.25, -0.2) is 4.98 Å². The van der Waals surface area contributed by atoms with Crippen molar-refractivity contribution >= 4 is 22.9 Å². The molecule has 0 radical (unpaired) electrons. The molecule has 0 saturated heterocycles. The molecule has 0 aliphatic carbocycles. The first-order valence-electron chi connectivity index (χ1n) is 6.97. The van der Waals surface area contributed by atoms with Crippen LogP contribution in [-0.2, 0) is 7.05 Å². The second kappa shape index (κ2) is 6.18. The highest BCUT2D eigenvalue weighted by Gasteiger charge is 2.16. The summed E-state index contributed by atoms with van der Waals surface area (Å²) in [6, 6.07) is 9.38. The highest BCUT2D eigenvalue weighted by atomic mass is 35.5. The van der Waals surface area contributed by atoms with Crippen molar-refractivity contribution < 1.29 is 4.74 Å². The molecule has 23 heavy (non-hydrogen) atoms. The summed E-state index contributed by atoms with van der Waals surface area (Å²) in [4.78, 5) is 16.9. The maximum Gasteiger partial charge on any atom is 0.261 e. The van der Waals surface area contributed by atoms with E-state index in [9.17, 15) is 4.79 Å². The third kappa shape index (κ3) is 2.90. The Hall–Kier alpha value is -2.11. The van der Waals surface area contributed by atoms with Crippen LogP contribution in [0.25, 0.3) is 21.7 Å². The van der Waals surface area contributed by atoms with Crippen LogP contribution in [-0.4, -0.2) is 16.7 Å². The van der Waals surface area contributed by atoms with Gasteiger partial charge in [-0.3, -0.25) is 4.79 Å². The van der Waals surface area contributed by atoms with Crippen LogP contribution in [0.3, 0.4) is 0 Å². The zero-order valence-electron chi connectivity index (χ0n) is 13.0. The molecule has 0 fully saturated rings. The van der Waals surface area contributed by atoms with Gasteiger partial charge in [0.05, 0.1) is 12.7 Å². The Morgan fingerprint density at radius 1 is 1.22 bits per heavy atom. The van der Waals surface area contributed by atoms with Gasteiger partial charge in [-0.15, -0.1) is 11.3 Å². The third-order valence-corrected chi connectivity index (χ3v) is 5.04. The smallest absolute Gasteiger partial charge is 0.261 e. The Balaban J connectivity index is 2.20. The molecule has 0 aliphatic rings. The molecule has 2 heterocycles. The SMILES string of the molecule is COc1ccc(-c2cc(-c3nc(C)cs3)c(=O)n(C)c2Cl)cc1. The van der Waals surface area contributed by atoms with Crippen LogP contribution in [0.1, 0.15) is 5.69 Å². The number of halogens is 1. The average molecular weight is 347 g/mol. The molecule has 0 atom stereocenters. The van der Waals surface area contributed by atoms with Crippen molar-refractivity contribution in [3.63, 3.8) is 0 Å². The molecular weight excluding hydrogens is 332 g/mol. The molecule has 3 aromatic rings. The summed E-state index contributed by atoms with van der Waals surface area (Å²) in [5.41, 5.74) is 3.01. The van der Waals surface area contributed by atoms with Crippen LogP contribution in [0.15, 0.2) is 40.5 Å². The van der Waals surface area contributed by atoms with E-state index in [1.54, 1.807) is 14.2 Å². The molecule has 0 aliphatic heterocycles.